The molecule has 2 heterocycles. The Morgan fingerprint density at radius 3 is 2.67 bits per heavy atom. The minimum Gasteiger partial charge on any atom is -0.493 e. The molecule has 1 N–H and O–H groups in total. The molecule has 0 amide bonds. The van der Waals surface area contributed by atoms with Crippen molar-refractivity contribution in [1.82, 2.24) is 4.98 Å². The molecule has 3 nitrogen and oxygen atoms in total. The molecule has 1 atom stereocenters. The summed E-state index contributed by atoms with van der Waals surface area (Å²) in [5, 5.41) is 3.52. The van der Waals surface area contributed by atoms with Crippen LogP contribution in [0.3, 0.4) is 0 Å². The van der Waals surface area contributed by atoms with Gasteiger partial charge in [0.05, 0.1) is 12.6 Å². The quantitative estimate of drug-likeness (QED) is 0.891. The number of fused-ring (bicyclic) bond motifs is 1. The van der Waals surface area contributed by atoms with Gasteiger partial charge in [0.1, 0.15) is 11.6 Å². The molecule has 0 saturated heterocycles. The van der Waals surface area contributed by atoms with E-state index in [1.54, 1.807) is 0 Å². The first-order valence-corrected chi connectivity index (χ1v) is 7.49. The topological polar surface area (TPSA) is 34.1 Å². The largest absolute Gasteiger partial charge is 0.493 e. The van der Waals surface area contributed by atoms with Gasteiger partial charge >= 0.3 is 0 Å². The second kappa shape index (κ2) is 5.40. The number of pyridine rings is 1. The van der Waals surface area contributed by atoms with Gasteiger partial charge < -0.3 is 10.1 Å². The van der Waals surface area contributed by atoms with E-state index in [2.05, 4.69) is 55.3 Å². The fourth-order valence-electron chi connectivity index (χ4n) is 2.59. The van der Waals surface area contributed by atoms with Crippen molar-refractivity contribution in [2.45, 2.75) is 38.6 Å². The molecule has 1 aromatic carbocycles. The molecular formula is C18H22N2O. The molecule has 21 heavy (non-hydrogen) atoms. The monoisotopic (exact) mass is 282 g/mol. The average Bonchev–Trinajstić information content (AvgIpc) is 2.47. The second-order valence-corrected chi connectivity index (χ2v) is 6.55. The molecule has 0 aliphatic carbocycles. The minimum atomic E-state index is 0.136. The fourth-order valence-corrected chi connectivity index (χ4v) is 2.59. The van der Waals surface area contributed by atoms with Gasteiger partial charge in [-0.2, -0.15) is 0 Å². The van der Waals surface area contributed by atoms with Crippen LogP contribution in [0.1, 0.15) is 44.4 Å². The van der Waals surface area contributed by atoms with Crippen LogP contribution in [0.5, 0.6) is 5.75 Å². The van der Waals surface area contributed by atoms with Gasteiger partial charge in [-0.15, -0.1) is 0 Å². The summed E-state index contributed by atoms with van der Waals surface area (Å²) in [6, 6.07) is 12.7. The number of aromatic nitrogens is 1. The van der Waals surface area contributed by atoms with E-state index in [9.17, 15) is 0 Å². The van der Waals surface area contributed by atoms with E-state index >= 15 is 0 Å². The number of ether oxygens (including phenoxy) is 1. The van der Waals surface area contributed by atoms with Crippen molar-refractivity contribution >= 4 is 5.82 Å². The van der Waals surface area contributed by atoms with E-state index in [0.29, 0.717) is 0 Å². The lowest BCUT2D eigenvalue weighted by molar-refractivity contribution is 0.274. The molecule has 0 radical (unpaired) electrons. The van der Waals surface area contributed by atoms with E-state index in [1.165, 1.54) is 11.1 Å². The molecule has 110 valence electrons. The minimum absolute atomic E-state index is 0.136. The first-order valence-electron chi connectivity index (χ1n) is 7.49. The van der Waals surface area contributed by atoms with Crippen molar-refractivity contribution < 1.29 is 4.74 Å². The number of benzene rings is 1. The van der Waals surface area contributed by atoms with Crippen LogP contribution in [0.15, 0.2) is 42.6 Å². The first kappa shape index (κ1) is 13.9. The van der Waals surface area contributed by atoms with Crippen LogP contribution in [0.25, 0.3) is 0 Å². The van der Waals surface area contributed by atoms with Gasteiger partial charge in [0.2, 0.25) is 0 Å². The SMILES string of the molecule is CC(C)(C)c1ccc(NC2CCOc3ccccc32)nc1. The Kier molecular flexibility index (Phi) is 3.58. The van der Waals surface area contributed by atoms with E-state index < -0.39 is 0 Å². The first-order chi connectivity index (χ1) is 10.0. The molecule has 3 rings (SSSR count). The van der Waals surface area contributed by atoms with Crippen molar-refractivity contribution in [1.29, 1.82) is 0 Å². The van der Waals surface area contributed by atoms with E-state index in [-0.39, 0.29) is 11.5 Å². The van der Waals surface area contributed by atoms with Crippen molar-refractivity contribution in [3.05, 3.63) is 53.7 Å². The number of rotatable bonds is 2. The van der Waals surface area contributed by atoms with Crippen molar-refractivity contribution in [2.24, 2.45) is 0 Å². The normalized spacial score (nSPS) is 17.8. The van der Waals surface area contributed by atoms with Crippen molar-refractivity contribution in [3.8, 4) is 5.75 Å². The Labute approximate surface area is 126 Å². The van der Waals surface area contributed by atoms with Crippen LogP contribution < -0.4 is 10.1 Å². The highest BCUT2D eigenvalue weighted by atomic mass is 16.5. The third kappa shape index (κ3) is 3.02. The summed E-state index contributed by atoms with van der Waals surface area (Å²) in [5.41, 5.74) is 2.60. The molecule has 1 aliphatic rings. The van der Waals surface area contributed by atoms with Crippen LogP contribution in [-0.2, 0) is 5.41 Å². The maximum atomic E-state index is 5.69. The van der Waals surface area contributed by atoms with Crippen LogP contribution >= 0.6 is 0 Å². The smallest absolute Gasteiger partial charge is 0.126 e. The molecule has 0 spiro atoms. The molecule has 1 unspecified atom stereocenters. The molecule has 1 aromatic heterocycles. The zero-order chi connectivity index (χ0) is 14.9. The number of nitrogens with one attached hydrogen (secondary N) is 1. The number of hydrogen-bond donors (Lipinski definition) is 1. The lowest BCUT2D eigenvalue weighted by Gasteiger charge is -2.27. The lowest BCUT2D eigenvalue weighted by atomic mass is 9.88. The predicted octanol–water partition coefficient (Wildman–Crippen LogP) is 4.31. The Bertz CT molecular complexity index is 614. The van der Waals surface area contributed by atoms with E-state index in [1.807, 2.05) is 18.3 Å². The summed E-state index contributed by atoms with van der Waals surface area (Å²) in [6.45, 7) is 7.35. The molecule has 0 fully saturated rings. The van der Waals surface area contributed by atoms with Gasteiger partial charge in [-0.3, -0.25) is 0 Å². The molecule has 0 saturated carbocycles. The number of para-hydroxylation sites is 1. The summed E-state index contributed by atoms with van der Waals surface area (Å²) >= 11 is 0. The third-order valence-electron chi connectivity index (χ3n) is 3.91. The van der Waals surface area contributed by atoms with Crippen molar-refractivity contribution in [2.75, 3.05) is 11.9 Å². The Morgan fingerprint density at radius 2 is 1.95 bits per heavy atom. The summed E-state index contributed by atoms with van der Waals surface area (Å²) in [6.07, 6.45) is 2.92. The van der Waals surface area contributed by atoms with Crippen LogP contribution in [0, 0.1) is 0 Å². The van der Waals surface area contributed by atoms with Gasteiger partial charge in [-0.25, -0.2) is 4.98 Å². The van der Waals surface area contributed by atoms with Gasteiger partial charge in [0.15, 0.2) is 0 Å². The van der Waals surface area contributed by atoms with Crippen molar-refractivity contribution in [3.63, 3.8) is 0 Å². The molecule has 3 heteroatoms. The fraction of sp³-hybridized carbons (Fsp3) is 0.389. The molecule has 2 aromatic rings. The number of hydrogen-bond acceptors (Lipinski definition) is 3. The molecular weight excluding hydrogens is 260 g/mol. The summed E-state index contributed by atoms with van der Waals surface area (Å²) in [5.74, 6) is 1.90. The van der Waals surface area contributed by atoms with Gasteiger partial charge in [0, 0.05) is 18.2 Å². The standard InChI is InChI=1S/C18H22N2O/c1-18(2,3)13-8-9-17(19-12-13)20-15-10-11-21-16-7-5-4-6-14(15)16/h4-9,12,15H,10-11H2,1-3H3,(H,19,20). The Morgan fingerprint density at radius 1 is 1.14 bits per heavy atom. The lowest BCUT2D eigenvalue weighted by Crippen LogP contribution is -2.21. The maximum absolute atomic E-state index is 5.69. The maximum Gasteiger partial charge on any atom is 0.126 e. The van der Waals surface area contributed by atoms with Gasteiger partial charge in [-0.05, 0) is 23.1 Å². The average molecular weight is 282 g/mol. The Hall–Kier alpha value is -2.03. The zero-order valence-electron chi connectivity index (χ0n) is 12.9. The molecule has 0 bridgehead atoms. The van der Waals surface area contributed by atoms with Crippen LogP contribution in [0.4, 0.5) is 5.82 Å². The highest BCUT2D eigenvalue weighted by Gasteiger charge is 2.21. The summed E-state index contributed by atoms with van der Waals surface area (Å²) in [4.78, 5) is 4.56. The summed E-state index contributed by atoms with van der Waals surface area (Å²) in [7, 11) is 0. The van der Waals surface area contributed by atoms with Gasteiger partial charge in [-0.1, -0.05) is 45.0 Å². The van der Waals surface area contributed by atoms with Gasteiger partial charge in [0.25, 0.3) is 0 Å². The molecule has 1 aliphatic heterocycles. The third-order valence-corrected chi connectivity index (χ3v) is 3.91. The highest BCUT2D eigenvalue weighted by Crippen LogP contribution is 2.33. The summed E-state index contributed by atoms with van der Waals surface area (Å²) < 4.78 is 5.69. The number of anilines is 1. The van der Waals surface area contributed by atoms with Crippen LogP contribution in [-0.4, -0.2) is 11.6 Å². The Balaban J connectivity index is 1.79. The van der Waals surface area contributed by atoms with Crippen LogP contribution in [0.2, 0.25) is 0 Å². The number of nitrogens with zero attached hydrogens (tertiary/aromatic N) is 1. The zero-order valence-corrected chi connectivity index (χ0v) is 12.9. The highest BCUT2D eigenvalue weighted by molar-refractivity contribution is 5.45. The second-order valence-electron chi connectivity index (χ2n) is 6.55. The van der Waals surface area contributed by atoms with E-state index in [4.69, 9.17) is 4.74 Å². The predicted molar refractivity (Wildman–Crippen MR) is 85.9 cm³/mol. The van der Waals surface area contributed by atoms with E-state index in [0.717, 1.165) is 24.6 Å².